The number of hydrogen-bond donors (Lipinski definition) is 0. The lowest BCUT2D eigenvalue weighted by molar-refractivity contribution is 0.00578. The topological polar surface area (TPSA) is 21.7 Å². The van der Waals surface area contributed by atoms with Crippen LogP contribution in [-0.2, 0) is 15.6 Å². The standard InChI is InChI=1S/C15H24BNO2/c1-14(2)15(3,4)19-16(18-14)11-12-7-9-13(10-8-12)17(5)6/h7-10H,11H2,1-6H3. The lowest BCUT2D eigenvalue weighted by Gasteiger charge is -2.32. The van der Waals surface area contributed by atoms with Gasteiger partial charge >= 0.3 is 7.12 Å². The minimum atomic E-state index is -0.249. The molecule has 4 heteroatoms. The van der Waals surface area contributed by atoms with E-state index in [9.17, 15) is 0 Å². The molecule has 0 atom stereocenters. The lowest BCUT2D eigenvalue weighted by atomic mass is 9.81. The van der Waals surface area contributed by atoms with Gasteiger partial charge in [0.2, 0.25) is 0 Å². The molecule has 1 heterocycles. The Kier molecular flexibility index (Phi) is 3.67. The summed E-state index contributed by atoms with van der Waals surface area (Å²) in [5, 5.41) is 0. The van der Waals surface area contributed by atoms with E-state index in [1.54, 1.807) is 0 Å². The Morgan fingerprint density at radius 3 is 1.84 bits per heavy atom. The molecule has 0 saturated carbocycles. The average molecular weight is 261 g/mol. The van der Waals surface area contributed by atoms with Crippen molar-refractivity contribution in [1.82, 2.24) is 0 Å². The van der Waals surface area contributed by atoms with Crippen LogP contribution in [0.4, 0.5) is 5.69 Å². The molecule has 0 spiro atoms. The van der Waals surface area contributed by atoms with Crippen LogP contribution < -0.4 is 4.90 Å². The average Bonchev–Trinajstić information content (AvgIpc) is 2.47. The van der Waals surface area contributed by atoms with Crippen LogP contribution in [-0.4, -0.2) is 32.4 Å². The number of nitrogens with zero attached hydrogens (tertiary/aromatic N) is 1. The Labute approximate surface area is 117 Å². The molecule has 0 N–H and O–H groups in total. The highest BCUT2D eigenvalue weighted by Gasteiger charge is 2.50. The van der Waals surface area contributed by atoms with Crippen LogP contribution in [0.3, 0.4) is 0 Å². The van der Waals surface area contributed by atoms with Gasteiger partial charge in [-0.25, -0.2) is 0 Å². The van der Waals surface area contributed by atoms with E-state index >= 15 is 0 Å². The third kappa shape index (κ3) is 2.95. The predicted molar refractivity (Wildman–Crippen MR) is 80.6 cm³/mol. The highest BCUT2D eigenvalue weighted by Crippen LogP contribution is 2.37. The van der Waals surface area contributed by atoms with Crippen LogP contribution in [0.2, 0.25) is 0 Å². The third-order valence-corrected chi connectivity index (χ3v) is 4.16. The summed E-state index contributed by atoms with van der Waals surface area (Å²) < 4.78 is 12.0. The second kappa shape index (κ2) is 4.84. The van der Waals surface area contributed by atoms with Crippen LogP contribution in [0.25, 0.3) is 0 Å². The molecule has 1 aliphatic rings. The molecular formula is C15H24BNO2. The molecule has 0 radical (unpaired) electrons. The van der Waals surface area contributed by atoms with Crippen LogP contribution >= 0.6 is 0 Å². The summed E-state index contributed by atoms with van der Waals surface area (Å²) in [6, 6.07) is 8.53. The Morgan fingerprint density at radius 2 is 1.42 bits per heavy atom. The maximum absolute atomic E-state index is 6.01. The zero-order valence-electron chi connectivity index (χ0n) is 12.9. The van der Waals surface area contributed by atoms with Gasteiger partial charge in [0.25, 0.3) is 0 Å². The van der Waals surface area contributed by atoms with Crippen LogP contribution in [0.1, 0.15) is 33.3 Å². The monoisotopic (exact) mass is 261 g/mol. The van der Waals surface area contributed by atoms with E-state index in [2.05, 4.69) is 56.9 Å². The third-order valence-electron chi connectivity index (χ3n) is 4.16. The van der Waals surface area contributed by atoms with Crippen molar-refractivity contribution >= 4 is 12.8 Å². The molecule has 2 rings (SSSR count). The maximum atomic E-state index is 6.01. The van der Waals surface area contributed by atoms with Crippen molar-refractivity contribution in [3.63, 3.8) is 0 Å². The minimum Gasteiger partial charge on any atom is -0.403 e. The van der Waals surface area contributed by atoms with Crippen molar-refractivity contribution in [1.29, 1.82) is 0 Å². The van der Waals surface area contributed by atoms with Crippen molar-refractivity contribution in [3.05, 3.63) is 29.8 Å². The fraction of sp³-hybridized carbons (Fsp3) is 0.600. The molecule has 0 aromatic heterocycles. The number of hydrogen-bond acceptors (Lipinski definition) is 3. The summed E-state index contributed by atoms with van der Waals surface area (Å²) in [7, 11) is 3.93. The maximum Gasteiger partial charge on any atom is 0.462 e. The van der Waals surface area contributed by atoms with Crippen molar-refractivity contribution in [2.75, 3.05) is 19.0 Å². The first kappa shape index (κ1) is 14.4. The highest BCUT2D eigenvalue weighted by atomic mass is 16.7. The van der Waals surface area contributed by atoms with Gasteiger partial charge in [0.05, 0.1) is 11.2 Å². The quantitative estimate of drug-likeness (QED) is 0.781. The van der Waals surface area contributed by atoms with Gasteiger partial charge in [-0.05, 0) is 45.4 Å². The highest BCUT2D eigenvalue weighted by molar-refractivity contribution is 6.45. The molecule has 3 nitrogen and oxygen atoms in total. The molecule has 0 amide bonds. The molecule has 0 bridgehead atoms. The van der Waals surface area contributed by atoms with E-state index in [0.29, 0.717) is 0 Å². The van der Waals surface area contributed by atoms with Crippen molar-refractivity contribution in [2.45, 2.75) is 45.2 Å². The first-order valence-electron chi connectivity index (χ1n) is 6.83. The summed E-state index contributed by atoms with van der Waals surface area (Å²) in [6.07, 6.45) is 0.792. The van der Waals surface area contributed by atoms with Gasteiger partial charge in [-0.15, -0.1) is 0 Å². The number of anilines is 1. The van der Waals surface area contributed by atoms with Crippen LogP contribution in [0, 0.1) is 0 Å². The Morgan fingerprint density at radius 1 is 0.947 bits per heavy atom. The van der Waals surface area contributed by atoms with Crippen molar-refractivity contribution in [3.8, 4) is 0 Å². The first-order chi connectivity index (χ1) is 8.71. The van der Waals surface area contributed by atoms with E-state index in [0.717, 1.165) is 6.32 Å². The fourth-order valence-corrected chi connectivity index (χ4v) is 2.17. The second-order valence-corrected chi connectivity index (χ2v) is 6.45. The van der Waals surface area contributed by atoms with E-state index in [1.165, 1.54) is 11.3 Å². The zero-order chi connectivity index (χ0) is 14.3. The molecule has 104 valence electrons. The van der Waals surface area contributed by atoms with E-state index in [4.69, 9.17) is 9.31 Å². The molecule has 1 aromatic carbocycles. The number of benzene rings is 1. The summed E-state index contributed by atoms with van der Waals surface area (Å²) in [6.45, 7) is 8.34. The Hall–Kier alpha value is -0.995. The predicted octanol–water partition coefficient (Wildman–Crippen LogP) is 2.93. The molecule has 1 saturated heterocycles. The van der Waals surface area contributed by atoms with Gasteiger partial charge in [0, 0.05) is 26.1 Å². The molecule has 0 aliphatic carbocycles. The minimum absolute atomic E-state index is 0.157. The van der Waals surface area contributed by atoms with Gasteiger partial charge < -0.3 is 14.2 Å². The normalized spacial score (nSPS) is 20.6. The second-order valence-electron chi connectivity index (χ2n) is 6.45. The molecule has 1 aliphatic heterocycles. The van der Waals surface area contributed by atoms with Gasteiger partial charge in [0.1, 0.15) is 0 Å². The summed E-state index contributed by atoms with van der Waals surface area (Å²) in [4.78, 5) is 2.10. The fourth-order valence-electron chi connectivity index (χ4n) is 2.17. The van der Waals surface area contributed by atoms with Gasteiger partial charge in [0.15, 0.2) is 0 Å². The SMILES string of the molecule is CN(C)c1ccc(CB2OC(C)(C)C(C)(C)O2)cc1. The van der Waals surface area contributed by atoms with Crippen molar-refractivity contribution < 1.29 is 9.31 Å². The summed E-state index contributed by atoms with van der Waals surface area (Å²) in [5.41, 5.74) is 1.95. The molecular weight excluding hydrogens is 237 g/mol. The summed E-state index contributed by atoms with van der Waals surface area (Å²) in [5.74, 6) is 0. The Bertz CT molecular complexity index is 424. The van der Waals surface area contributed by atoms with Gasteiger partial charge in [-0.3, -0.25) is 0 Å². The van der Waals surface area contributed by atoms with Gasteiger partial charge in [-0.2, -0.15) is 0 Å². The van der Waals surface area contributed by atoms with E-state index in [1.807, 2.05) is 14.1 Å². The lowest BCUT2D eigenvalue weighted by Crippen LogP contribution is -2.41. The molecule has 1 aromatic rings. The van der Waals surface area contributed by atoms with E-state index in [-0.39, 0.29) is 18.3 Å². The zero-order valence-corrected chi connectivity index (χ0v) is 12.9. The molecule has 1 fully saturated rings. The van der Waals surface area contributed by atoms with Crippen LogP contribution in [0.15, 0.2) is 24.3 Å². The smallest absolute Gasteiger partial charge is 0.403 e. The Balaban J connectivity index is 2.03. The summed E-state index contributed by atoms with van der Waals surface area (Å²) >= 11 is 0. The molecule has 0 unspecified atom stereocenters. The van der Waals surface area contributed by atoms with Crippen molar-refractivity contribution in [2.24, 2.45) is 0 Å². The van der Waals surface area contributed by atoms with Gasteiger partial charge in [-0.1, -0.05) is 12.1 Å². The largest absolute Gasteiger partial charge is 0.462 e. The number of rotatable bonds is 3. The molecule has 19 heavy (non-hydrogen) atoms. The van der Waals surface area contributed by atoms with E-state index < -0.39 is 0 Å². The van der Waals surface area contributed by atoms with Crippen LogP contribution in [0.5, 0.6) is 0 Å². The first-order valence-corrected chi connectivity index (χ1v) is 6.83.